The van der Waals surface area contributed by atoms with Crippen molar-refractivity contribution < 1.29 is 19.2 Å². The first-order valence-electron chi connectivity index (χ1n) is 11.7. The predicted octanol–water partition coefficient (Wildman–Crippen LogP) is 3.53. The lowest BCUT2D eigenvalue weighted by Crippen LogP contribution is -2.42. The first kappa shape index (κ1) is 24.6. The van der Waals surface area contributed by atoms with Gasteiger partial charge in [-0.1, -0.05) is 43.4 Å². The molecule has 0 bridgehead atoms. The summed E-state index contributed by atoms with van der Waals surface area (Å²) in [6.45, 7) is 4.03. The number of nitrogens with zero attached hydrogens (tertiary/aromatic N) is 3. The summed E-state index contributed by atoms with van der Waals surface area (Å²) in [6.07, 6.45) is 2.62. The molecular weight excluding hydrogens is 494 g/mol. The Bertz CT molecular complexity index is 1660. The molecule has 2 aliphatic rings. The van der Waals surface area contributed by atoms with Gasteiger partial charge in [0.1, 0.15) is 0 Å². The lowest BCUT2D eigenvalue weighted by atomic mass is 9.73. The summed E-state index contributed by atoms with van der Waals surface area (Å²) in [5.74, 6) is 1.00. The highest BCUT2D eigenvalue weighted by atomic mass is 32.1. The average Bonchev–Trinajstić information content (AvgIpc) is 3.16. The number of nitro benzene ring substituents is 1. The molecule has 190 valence electrons. The number of thiazole rings is 1. The van der Waals surface area contributed by atoms with Crippen LogP contribution < -0.4 is 24.4 Å². The van der Waals surface area contributed by atoms with Crippen molar-refractivity contribution >= 4 is 28.9 Å². The van der Waals surface area contributed by atoms with E-state index in [9.17, 15) is 19.7 Å². The summed E-state index contributed by atoms with van der Waals surface area (Å²) in [7, 11) is 3.09. The van der Waals surface area contributed by atoms with E-state index >= 15 is 0 Å². The van der Waals surface area contributed by atoms with Gasteiger partial charge in [-0.3, -0.25) is 24.3 Å². The Balaban J connectivity index is 1.75. The highest BCUT2D eigenvalue weighted by Gasteiger charge is 2.40. The molecule has 1 aliphatic heterocycles. The number of fused-ring (bicyclic) bond motifs is 1. The molecule has 0 fully saturated rings. The molecule has 0 saturated heterocycles. The SMILES string of the molecule is COc1ccc(C=c2sc3n(c2=O)C(c2cccc([N+](=O)[O-])c2)C2=C(CC(C)(C)CC2=O)N=3)cc1OC. The maximum atomic E-state index is 13.8. The fourth-order valence-electron chi connectivity index (χ4n) is 4.97. The Kier molecular flexibility index (Phi) is 6.07. The number of hydrogen-bond acceptors (Lipinski definition) is 8. The number of allylic oxidation sites excluding steroid dienone is 2. The highest BCUT2D eigenvalue weighted by molar-refractivity contribution is 7.07. The van der Waals surface area contributed by atoms with E-state index in [1.807, 2.05) is 19.9 Å². The van der Waals surface area contributed by atoms with Crippen molar-refractivity contribution in [2.24, 2.45) is 10.4 Å². The summed E-state index contributed by atoms with van der Waals surface area (Å²) in [5, 5.41) is 11.5. The summed E-state index contributed by atoms with van der Waals surface area (Å²) < 4.78 is 12.6. The third kappa shape index (κ3) is 4.37. The van der Waals surface area contributed by atoms with Crippen LogP contribution in [0.15, 0.2) is 63.5 Å². The molecular formula is C27H25N3O6S. The van der Waals surface area contributed by atoms with Crippen LogP contribution in [0.2, 0.25) is 0 Å². The van der Waals surface area contributed by atoms with Gasteiger partial charge in [-0.15, -0.1) is 0 Å². The van der Waals surface area contributed by atoms with Crippen molar-refractivity contribution in [2.45, 2.75) is 32.7 Å². The number of rotatable bonds is 5. The van der Waals surface area contributed by atoms with E-state index < -0.39 is 11.0 Å². The van der Waals surface area contributed by atoms with Gasteiger partial charge in [0.05, 0.1) is 35.4 Å². The normalized spacial score (nSPS) is 18.6. The standard InChI is InChI=1S/C27H25N3O6S/c1-27(2)13-18-23(19(31)14-27)24(16-6-5-7-17(12-16)30(33)34)29-25(32)22(37-26(29)28-18)11-15-8-9-20(35-3)21(10-15)36-4/h5-12,24H,13-14H2,1-4H3. The zero-order valence-corrected chi connectivity index (χ0v) is 21.6. The lowest BCUT2D eigenvalue weighted by Gasteiger charge is -2.35. The molecule has 2 aromatic carbocycles. The Morgan fingerprint density at radius 3 is 2.57 bits per heavy atom. The van der Waals surface area contributed by atoms with Gasteiger partial charge in [0.2, 0.25) is 0 Å². The monoisotopic (exact) mass is 519 g/mol. The first-order chi connectivity index (χ1) is 17.6. The third-order valence-corrected chi connectivity index (χ3v) is 7.58. The molecule has 1 atom stereocenters. The minimum absolute atomic E-state index is 0.0966. The summed E-state index contributed by atoms with van der Waals surface area (Å²) in [4.78, 5) is 43.4. The summed E-state index contributed by atoms with van der Waals surface area (Å²) in [6, 6.07) is 10.7. The average molecular weight is 520 g/mol. The molecule has 37 heavy (non-hydrogen) atoms. The van der Waals surface area contributed by atoms with Gasteiger partial charge in [0.15, 0.2) is 22.1 Å². The van der Waals surface area contributed by atoms with Crippen molar-refractivity contribution in [1.29, 1.82) is 0 Å². The van der Waals surface area contributed by atoms with Crippen molar-refractivity contribution in [2.75, 3.05) is 14.2 Å². The number of ketones is 1. The molecule has 0 N–H and O–H groups in total. The maximum absolute atomic E-state index is 13.8. The molecule has 10 heteroatoms. The molecule has 5 rings (SSSR count). The number of benzene rings is 2. The van der Waals surface area contributed by atoms with Crippen LogP contribution in [-0.2, 0) is 4.79 Å². The van der Waals surface area contributed by atoms with Crippen LogP contribution in [0.25, 0.3) is 6.08 Å². The van der Waals surface area contributed by atoms with Gasteiger partial charge < -0.3 is 9.47 Å². The van der Waals surface area contributed by atoms with E-state index in [1.54, 1.807) is 37.5 Å². The number of nitro groups is 1. The van der Waals surface area contributed by atoms with E-state index in [0.717, 1.165) is 5.56 Å². The van der Waals surface area contributed by atoms with E-state index in [0.29, 0.717) is 50.5 Å². The van der Waals surface area contributed by atoms with Gasteiger partial charge >= 0.3 is 0 Å². The van der Waals surface area contributed by atoms with E-state index in [2.05, 4.69) is 0 Å². The fourth-order valence-corrected chi connectivity index (χ4v) is 5.99. The third-order valence-electron chi connectivity index (χ3n) is 6.60. The van der Waals surface area contributed by atoms with E-state index in [1.165, 1.54) is 35.1 Å². The quantitative estimate of drug-likeness (QED) is 0.377. The number of ether oxygens (including phenoxy) is 2. The summed E-state index contributed by atoms with van der Waals surface area (Å²) in [5.41, 5.74) is 1.61. The van der Waals surface area contributed by atoms with Crippen molar-refractivity contribution in [3.63, 3.8) is 0 Å². The van der Waals surface area contributed by atoms with Crippen LogP contribution in [0, 0.1) is 15.5 Å². The fraction of sp³-hybridized carbons (Fsp3) is 0.296. The van der Waals surface area contributed by atoms with Crippen LogP contribution in [0.1, 0.15) is 43.9 Å². The van der Waals surface area contributed by atoms with Gasteiger partial charge in [-0.05, 0) is 41.2 Å². The largest absolute Gasteiger partial charge is 0.493 e. The van der Waals surface area contributed by atoms with Gasteiger partial charge in [0.25, 0.3) is 11.2 Å². The molecule has 9 nitrogen and oxygen atoms in total. The molecule has 0 saturated carbocycles. The Morgan fingerprint density at radius 1 is 1.11 bits per heavy atom. The minimum atomic E-state index is -0.790. The molecule has 0 amide bonds. The number of aromatic nitrogens is 1. The number of carbonyl (C=O) groups excluding carboxylic acids is 1. The van der Waals surface area contributed by atoms with Crippen LogP contribution >= 0.6 is 11.3 Å². The van der Waals surface area contributed by atoms with E-state index in [-0.39, 0.29) is 22.4 Å². The van der Waals surface area contributed by atoms with Crippen LogP contribution in [-0.4, -0.2) is 29.5 Å². The molecule has 2 heterocycles. The van der Waals surface area contributed by atoms with Crippen LogP contribution in [0.4, 0.5) is 5.69 Å². The van der Waals surface area contributed by atoms with Crippen molar-refractivity contribution in [3.8, 4) is 11.5 Å². The predicted molar refractivity (Wildman–Crippen MR) is 139 cm³/mol. The smallest absolute Gasteiger partial charge is 0.271 e. The van der Waals surface area contributed by atoms with Crippen molar-refractivity contribution in [3.05, 3.63) is 94.7 Å². The number of Topliss-reactive ketones (excluding diaryl/α,β-unsaturated/α-hetero) is 1. The Hall–Kier alpha value is -4.05. The minimum Gasteiger partial charge on any atom is -0.493 e. The van der Waals surface area contributed by atoms with Gasteiger partial charge in [-0.25, -0.2) is 4.99 Å². The lowest BCUT2D eigenvalue weighted by molar-refractivity contribution is -0.384. The second kappa shape index (κ2) is 9.11. The second-order valence-electron chi connectivity index (χ2n) is 9.85. The number of methoxy groups -OCH3 is 2. The molecule has 1 aromatic heterocycles. The Labute approximate surface area is 216 Å². The number of non-ortho nitro benzene ring substituents is 1. The maximum Gasteiger partial charge on any atom is 0.271 e. The summed E-state index contributed by atoms with van der Waals surface area (Å²) >= 11 is 1.22. The van der Waals surface area contributed by atoms with Gasteiger partial charge in [0, 0.05) is 24.1 Å². The molecule has 3 aromatic rings. The van der Waals surface area contributed by atoms with E-state index in [4.69, 9.17) is 14.5 Å². The molecule has 1 aliphatic carbocycles. The van der Waals surface area contributed by atoms with Gasteiger partial charge in [-0.2, -0.15) is 0 Å². The topological polar surface area (TPSA) is 113 Å². The zero-order valence-electron chi connectivity index (χ0n) is 20.8. The van der Waals surface area contributed by atoms with Crippen LogP contribution in [0.5, 0.6) is 11.5 Å². The highest BCUT2D eigenvalue weighted by Crippen LogP contribution is 2.43. The first-order valence-corrected chi connectivity index (χ1v) is 12.5. The Morgan fingerprint density at radius 2 is 1.86 bits per heavy atom. The van der Waals surface area contributed by atoms with Crippen molar-refractivity contribution in [1.82, 2.24) is 4.57 Å². The number of hydrogen-bond donors (Lipinski definition) is 0. The molecule has 1 unspecified atom stereocenters. The second-order valence-corrected chi connectivity index (χ2v) is 10.9. The molecule has 0 radical (unpaired) electrons. The van der Waals surface area contributed by atoms with Crippen LogP contribution in [0.3, 0.4) is 0 Å². The molecule has 0 spiro atoms. The zero-order chi connectivity index (χ0) is 26.5. The number of carbonyl (C=O) groups is 1.